The zero-order valence-corrected chi connectivity index (χ0v) is 11.5. The lowest BCUT2D eigenvalue weighted by molar-refractivity contribution is 0.0697. The Bertz CT molecular complexity index is 603. The van der Waals surface area contributed by atoms with Crippen LogP contribution in [-0.4, -0.2) is 16.1 Å². The average molecular weight is 278 g/mol. The van der Waals surface area contributed by atoms with Gasteiger partial charge in [-0.25, -0.2) is 9.78 Å². The van der Waals surface area contributed by atoms with E-state index in [2.05, 4.69) is 4.98 Å². The van der Waals surface area contributed by atoms with Crippen LogP contribution in [0.5, 0.6) is 5.75 Å². The molecule has 0 unspecified atom stereocenters. The van der Waals surface area contributed by atoms with Crippen molar-refractivity contribution >= 4 is 23.0 Å². The predicted molar refractivity (Wildman–Crippen MR) is 73.7 cm³/mol. The van der Waals surface area contributed by atoms with Gasteiger partial charge < -0.3 is 15.6 Å². The number of nitrogens with two attached hydrogens (primary N) is 1. The van der Waals surface area contributed by atoms with Gasteiger partial charge in [-0.3, -0.25) is 0 Å². The minimum absolute atomic E-state index is 0.144. The number of rotatable bonds is 4. The molecule has 0 saturated carbocycles. The molecule has 0 atom stereocenters. The zero-order chi connectivity index (χ0) is 14.0. The van der Waals surface area contributed by atoms with Crippen LogP contribution in [-0.2, 0) is 6.61 Å². The minimum atomic E-state index is -1.01. The molecule has 0 fully saturated rings. The Morgan fingerprint density at radius 3 is 2.74 bits per heavy atom. The molecular weight excluding hydrogens is 264 g/mol. The van der Waals surface area contributed by atoms with Crippen molar-refractivity contribution in [3.63, 3.8) is 0 Å². The number of aromatic nitrogens is 1. The number of benzene rings is 1. The van der Waals surface area contributed by atoms with E-state index in [-0.39, 0.29) is 5.56 Å². The molecule has 0 aliphatic rings. The van der Waals surface area contributed by atoms with Gasteiger partial charge in [0.15, 0.2) is 0 Å². The topological polar surface area (TPSA) is 85.4 Å². The maximum absolute atomic E-state index is 10.8. The summed E-state index contributed by atoms with van der Waals surface area (Å²) in [5.41, 5.74) is 7.21. The van der Waals surface area contributed by atoms with Crippen LogP contribution in [0.15, 0.2) is 18.2 Å². The molecule has 0 saturated heterocycles. The Hall–Kier alpha value is -2.08. The van der Waals surface area contributed by atoms with Gasteiger partial charge in [-0.15, -0.1) is 11.3 Å². The van der Waals surface area contributed by atoms with Crippen LogP contribution in [0.3, 0.4) is 0 Å². The van der Waals surface area contributed by atoms with Gasteiger partial charge >= 0.3 is 5.97 Å². The Kier molecular flexibility index (Phi) is 3.71. The van der Waals surface area contributed by atoms with Gasteiger partial charge in [-0.05, 0) is 32.0 Å². The van der Waals surface area contributed by atoms with E-state index >= 15 is 0 Å². The van der Waals surface area contributed by atoms with Crippen LogP contribution in [0.25, 0.3) is 0 Å². The SMILES string of the molecule is Cc1nc(COc2ccc(C(=O)O)cc2N)sc1C. The summed E-state index contributed by atoms with van der Waals surface area (Å²) in [4.78, 5) is 16.3. The van der Waals surface area contributed by atoms with Crippen molar-refractivity contribution in [3.8, 4) is 5.75 Å². The highest BCUT2D eigenvalue weighted by molar-refractivity contribution is 7.11. The summed E-state index contributed by atoms with van der Waals surface area (Å²) in [6.07, 6.45) is 0. The van der Waals surface area contributed by atoms with Crippen molar-refractivity contribution < 1.29 is 14.6 Å². The quantitative estimate of drug-likeness (QED) is 0.840. The fourth-order valence-electron chi connectivity index (χ4n) is 1.55. The van der Waals surface area contributed by atoms with Crippen LogP contribution < -0.4 is 10.5 Å². The Morgan fingerprint density at radius 1 is 1.47 bits per heavy atom. The number of carboxylic acid groups (broad SMARTS) is 1. The lowest BCUT2D eigenvalue weighted by atomic mass is 10.2. The molecule has 0 aliphatic carbocycles. The second kappa shape index (κ2) is 5.27. The number of nitrogens with zero attached hydrogens (tertiary/aromatic N) is 1. The van der Waals surface area contributed by atoms with Crippen LogP contribution in [0.1, 0.15) is 25.9 Å². The van der Waals surface area contributed by atoms with Crippen LogP contribution in [0.2, 0.25) is 0 Å². The fraction of sp³-hybridized carbons (Fsp3) is 0.231. The fourth-order valence-corrected chi connectivity index (χ4v) is 2.40. The lowest BCUT2D eigenvalue weighted by Crippen LogP contribution is -2.02. The molecule has 100 valence electrons. The van der Waals surface area contributed by atoms with E-state index in [1.807, 2.05) is 13.8 Å². The number of hydrogen-bond donors (Lipinski definition) is 2. The normalized spacial score (nSPS) is 10.4. The first kappa shape index (κ1) is 13.4. The van der Waals surface area contributed by atoms with E-state index in [4.69, 9.17) is 15.6 Å². The molecule has 19 heavy (non-hydrogen) atoms. The smallest absolute Gasteiger partial charge is 0.335 e. The molecule has 3 N–H and O–H groups in total. The summed E-state index contributed by atoms with van der Waals surface area (Å²) in [6.45, 7) is 4.29. The molecule has 2 rings (SSSR count). The van der Waals surface area contributed by atoms with Crippen molar-refractivity contribution in [2.75, 3.05) is 5.73 Å². The van der Waals surface area contributed by atoms with Gasteiger partial charge in [0.2, 0.25) is 0 Å². The van der Waals surface area contributed by atoms with Crippen LogP contribution >= 0.6 is 11.3 Å². The first-order valence-electron chi connectivity index (χ1n) is 5.66. The van der Waals surface area contributed by atoms with Crippen LogP contribution in [0.4, 0.5) is 5.69 Å². The Labute approximate surface area is 114 Å². The van der Waals surface area contributed by atoms with Crippen molar-refractivity contribution in [2.45, 2.75) is 20.5 Å². The van der Waals surface area contributed by atoms with Crippen LogP contribution in [0, 0.1) is 13.8 Å². The second-order valence-electron chi connectivity index (χ2n) is 4.10. The molecule has 5 nitrogen and oxygen atoms in total. The zero-order valence-electron chi connectivity index (χ0n) is 10.6. The van der Waals surface area contributed by atoms with Gasteiger partial charge in [0, 0.05) is 4.88 Å². The molecule has 6 heteroatoms. The van der Waals surface area contributed by atoms with E-state index in [0.29, 0.717) is 18.0 Å². The molecule has 1 aromatic carbocycles. The summed E-state index contributed by atoms with van der Waals surface area (Å²) >= 11 is 1.58. The predicted octanol–water partition coefficient (Wildman–Crippen LogP) is 2.62. The molecule has 0 radical (unpaired) electrons. The van der Waals surface area contributed by atoms with Gasteiger partial charge in [0.1, 0.15) is 17.4 Å². The van der Waals surface area contributed by atoms with Gasteiger partial charge in [-0.1, -0.05) is 0 Å². The highest BCUT2D eigenvalue weighted by atomic mass is 32.1. The molecule has 1 aromatic heterocycles. The monoisotopic (exact) mass is 278 g/mol. The highest BCUT2D eigenvalue weighted by Crippen LogP contribution is 2.25. The van der Waals surface area contributed by atoms with Gasteiger partial charge in [-0.2, -0.15) is 0 Å². The summed E-state index contributed by atoms with van der Waals surface area (Å²) in [5.74, 6) is -0.542. The molecule has 1 heterocycles. The number of nitrogen functional groups attached to an aromatic ring is 1. The van der Waals surface area contributed by atoms with E-state index in [1.54, 1.807) is 17.4 Å². The maximum atomic E-state index is 10.8. The molecule has 0 amide bonds. The summed E-state index contributed by atoms with van der Waals surface area (Å²) in [6, 6.07) is 4.41. The molecule has 2 aromatic rings. The maximum Gasteiger partial charge on any atom is 0.335 e. The largest absolute Gasteiger partial charge is 0.484 e. The highest BCUT2D eigenvalue weighted by Gasteiger charge is 2.09. The van der Waals surface area contributed by atoms with Crippen molar-refractivity contribution in [1.82, 2.24) is 4.98 Å². The number of hydrogen-bond acceptors (Lipinski definition) is 5. The van der Waals surface area contributed by atoms with Gasteiger partial charge in [0.05, 0.1) is 16.9 Å². The van der Waals surface area contributed by atoms with E-state index < -0.39 is 5.97 Å². The second-order valence-corrected chi connectivity index (χ2v) is 5.38. The molecule has 0 bridgehead atoms. The number of thiazole rings is 1. The number of carboxylic acids is 1. The molecular formula is C13H14N2O3S. The van der Waals surface area contributed by atoms with Crippen molar-refractivity contribution in [1.29, 1.82) is 0 Å². The molecule has 0 spiro atoms. The average Bonchev–Trinajstić information content (AvgIpc) is 2.67. The Balaban J connectivity index is 2.09. The third-order valence-electron chi connectivity index (χ3n) is 2.68. The number of anilines is 1. The van der Waals surface area contributed by atoms with E-state index in [1.165, 1.54) is 12.1 Å². The third-order valence-corrected chi connectivity index (χ3v) is 3.73. The number of carbonyl (C=O) groups is 1. The molecule has 0 aliphatic heterocycles. The van der Waals surface area contributed by atoms with E-state index in [0.717, 1.165) is 15.6 Å². The summed E-state index contributed by atoms with van der Waals surface area (Å²) in [7, 11) is 0. The summed E-state index contributed by atoms with van der Waals surface area (Å²) in [5, 5.41) is 9.71. The van der Waals surface area contributed by atoms with Crippen molar-refractivity contribution in [3.05, 3.63) is 39.3 Å². The number of ether oxygens (including phenoxy) is 1. The first-order chi connectivity index (χ1) is 8.97. The lowest BCUT2D eigenvalue weighted by Gasteiger charge is -2.07. The minimum Gasteiger partial charge on any atom is -0.484 e. The third kappa shape index (κ3) is 3.03. The van der Waals surface area contributed by atoms with Gasteiger partial charge in [0.25, 0.3) is 0 Å². The first-order valence-corrected chi connectivity index (χ1v) is 6.47. The van der Waals surface area contributed by atoms with E-state index in [9.17, 15) is 4.79 Å². The Morgan fingerprint density at radius 2 is 2.21 bits per heavy atom. The standard InChI is InChI=1S/C13H14N2O3S/c1-7-8(2)19-12(15-7)6-18-11-4-3-9(13(16)17)5-10(11)14/h3-5H,6,14H2,1-2H3,(H,16,17). The summed E-state index contributed by atoms with van der Waals surface area (Å²) < 4.78 is 5.56. The number of aromatic carboxylic acids is 1. The number of aryl methyl sites for hydroxylation is 2. The van der Waals surface area contributed by atoms with Crippen molar-refractivity contribution in [2.24, 2.45) is 0 Å².